The van der Waals surface area contributed by atoms with Crippen molar-refractivity contribution in [1.82, 2.24) is 10.2 Å². The third kappa shape index (κ3) is 2.48. The van der Waals surface area contributed by atoms with Crippen molar-refractivity contribution in [2.45, 2.75) is 38.0 Å². The third-order valence-corrected chi connectivity index (χ3v) is 4.82. The SMILES string of the molecule is CCNC(c1ccsc1)C1CN2CCCC2CO1. The quantitative estimate of drug-likeness (QED) is 0.905. The van der Waals surface area contributed by atoms with E-state index in [0.717, 1.165) is 19.7 Å². The number of rotatable bonds is 4. The summed E-state index contributed by atoms with van der Waals surface area (Å²) in [6.07, 6.45) is 2.95. The number of nitrogens with one attached hydrogen (secondary N) is 1. The number of nitrogens with zero attached hydrogens (tertiary/aromatic N) is 1. The van der Waals surface area contributed by atoms with Gasteiger partial charge in [-0.3, -0.25) is 4.90 Å². The molecule has 1 N–H and O–H groups in total. The Kier molecular flexibility index (Phi) is 3.99. The van der Waals surface area contributed by atoms with Gasteiger partial charge in [-0.25, -0.2) is 0 Å². The van der Waals surface area contributed by atoms with E-state index in [1.54, 1.807) is 11.3 Å². The van der Waals surface area contributed by atoms with Crippen LogP contribution >= 0.6 is 11.3 Å². The topological polar surface area (TPSA) is 24.5 Å². The lowest BCUT2D eigenvalue weighted by molar-refractivity contribution is -0.0650. The maximum atomic E-state index is 6.13. The lowest BCUT2D eigenvalue weighted by Gasteiger charge is -2.39. The first-order valence-corrected chi connectivity index (χ1v) is 7.94. The van der Waals surface area contributed by atoms with Crippen LogP contribution in [-0.2, 0) is 4.74 Å². The minimum Gasteiger partial charge on any atom is -0.373 e. The Morgan fingerprint density at radius 1 is 1.61 bits per heavy atom. The van der Waals surface area contributed by atoms with Crippen LogP contribution in [0.4, 0.5) is 0 Å². The van der Waals surface area contributed by atoms with Crippen molar-refractivity contribution in [1.29, 1.82) is 0 Å². The van der Waals surface area contributed by atoms with Crippen molar-refractivity contribution in [3.05, 3.63) is 22.4 Å². The molecule has 0 spiro atoms. The second-order valence-electron chi connectivity index (χ2n) is 5.25. The number of morpholine rings is 1. The molecule has 2 saturated heterocycles. The van der Waals surface area contributed by atoms with E-state index in [1.807, 2.05) is 0 Å². The van der Waals surface area contributed by atoms with E-state index in [4.69, 9.17) is 4.74 Å². The fourth-order valence-electron chi connectivity index (χ4n) is 3.18. The maximum absolute atomic E-state index is 6.13. The summed E-state index contributed by atoms with van der Waals surface area (Å²) in [5, 5.41) is 7.99. The highest BCUT2D eigenvalue weighted by molar-refractivity contribution is 7.07. The van der Waals surface area contributed by atoms with Crippen LogP contribution in [0, 0.1) is 0 Å². The summed E-state index contributed by atoms with van der Waals surface area (Å²) in [6, 6.07) is 3.26. The van der Waals surface area contributed by atoms with E-state index >= 15 is 0 Å². The van der Waals surface area contributed by atoms with Gasteiger partial charge in [-0.15, -0.1) is 0 Å². The summed E-state index contributed by atoms with van der Waals surface area (Å²) in [5.74, 6) is 0. The molecule has 3 heterocycles. The van der Waals surface area contributed by atoms with Crippen molar-refractivity contribution in [3.8, 4) is 0 Å². The largest absolute Gasteiger partial charge is 0.373 e. The molecule has 18 heavy (non-hydrogen) atoms. The number of likely N-dealkylation sites (N-methyl/N-ethyl adjacent to an activating group) is 1. The average molecular weight is 266 g/mol. The van der Waals surface area contributed by atoms with Crippen LogP contribution in [0.15, 0.2) is 16.8 Å². The molecule has 2 fully saturated rings. The molecule has 100 valence electrons. The summed E-state index contributed by atoms with van der Waals surface area (Å²) in [4.78, 5) is 2.62. The molecule has 4 heteroatoms. The van der Waals surface area contributed by atoms with Gasteiger partial charge in [-0.1, -0.05) is 6.92 Å². The number of hydrogen-bond donors (Lipinski definition) is 1. The van der Waals surface area contributed by atoms with Crippen LogP contribution in [0.5, 0.6) is 0 Å². The van der Waals surface area contributed by atoms with Gasteiger partial charge in [0.15, 0.2) is 0 Å². The summed E-state index contributed by atoms with van der Waals surface area (Å²) in [6.45, 7) is 6.41. The van der Waals surface area contributed by atoms with E-state index < -0.39 is 0 Å². The molecule has 0 bridgehead atoms. The second-order valence-corrected chi connectivity index (χ2v) is 6.03. The zero-order valence-corrected chi connectivity index (χ0v) is 11.8. The van der Waals surface area contributed by atoms with Gasteiger partial charge in [0.2, 0.25) is 0 Å². The van der Waals surface area contributed by atoms with Gasteiger partial charge < -0.3 is 10.1 Å². The zero-order chi connectivity index (χ0) is 12.4. The highest BCUT2D eigenvalue weighted by atomic mass is 32.1. The first-order valence-electron chi connectivity index (χ1n) is 6.99. The fraction of sp³-hybridized carbons (Fsp3) is 0.714. The standard InChI is InChI=1S/C14H22N2OS/c1-2-15-14(11-5-7-18-10-11)13-8-16-6-3-4-12(16)9-17-13/h5,7,10,12-15H,2-4,6,8-9H2,1H3. The van der Waals surface area contributed by atoms with Crippen LogP contribution in [0.2, 0.25) is 0 Å². The minimum atomic E-state index is 0.300. The predicted molar refractivity (Wildman–Crippen MR) is 75.1 cm³/mol. The molecule has 0 radical (unpaired) electrons. The lowest BCUT2D eigenvalue weighted by Crippen LogP contribution is -2.50. The Morgan fingerprint density at radius 2 is 2.56 bits per heavy atom. The van der Waals surface area contributed by atoms with Gasteiger partial charge in [0, 0.05) is 12.6 Å². The van der Waals surface area contributed by atoms with Crippen molar-refractivity contribution in [3.63, 3.8) is 0 Å². The van der Waals surface area contributed by atoms with Crippen molar-refractivity contribution in [2.24, 2.45) is 0 Å². The number of thiophene rings is 1. The number of hydrogen-bond acceptors (Lipinski definition) is 4. The molecule has 3 atom stereocenters. The molecule has 3 unspecified atom stereocenters. The lowest BCUT2D eigenvalue weighted by atomic mass is 10.0. The molecule has 0 saturated carbocycles. The summed E-state index contributed by atoms with van der Waals surface area (Å²) >= 11 is 1.77. The maximum Gasteiger partial charge on any atom is 0.0897 e. The van der Waals surface area contributed by atoms with Crippen LogP contribution in [0.3, 0.4) is 0 Å². The van der Waals surface area contributed by atoms with Gasteiger partial charge in [0.25, 0.3) is 0 Å². The molecule has 2 aliphatic rings. The molecule has 0 aliphatic carbocycles. The third-order valence-electron chi connectivity index (χ3n) is 4.11. The molecule has 1 aromatic rings. The summed E-state index contributed by atoms with van der Waals surface area (Å²) in [7, 11) is 0. The van der Waals surface area contributed by atoms with E-state index in [1.165, 1.54) is 24.9 Å². The van der Waals surface area contributed by atoms with Gasteiger partial charge in [-0.2, -0.15) is 11.3 Å². The second kappa shape index (κ2) is 5.70. The van der Waals surface area contributed by atoms with E-state index in [9.17, 15) is 0 Å². The Balaban J connectivity index is 1.71. The Morgan fingerprint density at radius 3 is 3.33 bits per heavy atom. The normalized spacial score (nSPS) is 30.3. The monoisotopic (exact) mass is 266 g/mol. The molecule has 0 aromatic carbocycles. The molecular formula is C14H22N2OS. The molecule has 3 nitrogen and oxygen atoms in total. The van der Waals surface area contributed by atoms with Crippen molar-refractivity contribution < 1.29 is 4.74 Å². The Bertz CT molecular complexity index is 368. The van der Waals surface area contributed by atoms with Crippen molar-refractivity contribution >= 4 is 11.3 Å². The number of ether oxygens (including phenoxy) is 1. The molecule has 3 rings (SSSR count). The van der Waals surface area contributed by atoms with Gasteiger partial charge in [-0.05, 0) is 48.3 Å². The van der Waals surface area contributed by atoms with Gasteiger partial charge in [0.1, 0.15) is 0 Å². The number of fused-ring (bicyclic) bond motifs is 1. The molecule has 2 aliphatic heterocycles. The molecular weight excluding hydrogens is 244 g/mol. The van der Waals surface area contributed by atoms with Crippen LogP contribution < -0.4 is 5.32 Å². The average Bonchev–Trinajstić information content (AvgIpc) is 3.05. The Hall–Kier alpha value is -0.420. The predicted octanol–water partition coefficient (Wildman–Crippen LogP) is 2.26. The fourth-order valence-corrected chi connectivity index (χ4v) is 3.88. The molecule has 0 amide bonds. The van der Waals surface area contributed by atoms with Crippen LogP contribution in [0.25, 0.3) is 0 Å². The summed E-state index contributed by atoms with van der Waals surface area (Å²) in [5.41, 5.74) is 1.38. The van der Waals surface area contributed by atoms with Gasteiger partial charge in [0.05, 0.1) is 18.8 Å². The van der Waals surface area contributed by atoms with E-state index in [-0.39, 0.29) is 0 Å². The van der Waals surface area contributed by atoms with Crippen LogP contribution in [0.1, 0.15) is 31.4 Å². The van der Waals surface area contributed by atoms with E-state index in [2.05, 4.69) is 34.0 Å². The highest BCUT2D eigenvalue weighted by Crippen LogP contribution is 2.29. The highest BCUT2D eigenvalue weighted by Gasteiger charge is 2.36. The van der Waals surface area contributed by atoms with Crippen molar-refractivity contribution in [2.75, 3.05) is 26.2 Å². The Labute approximate surface area is 113 Å². The minimum absolute atomic E-state index is 0.300. The first-order chi connectivity index (χ1) is 8.88. The van der Waals surface area contributed by atoms with Crippen LogP contribution in [-0.4, -0.2) is 43.3 Å². The van der Waals surface area contributed by atoms with E-state index in [0.29, 0.717) is 18.2 Å². The van der Waals surface area contributed by atoms with Gasteiger partial charge >= 0.3 is 0 Å². The zero-order valence-electron chi connectivity index (χ0n) is 11.0. The smallest absolute Gasteiger partial charge is 0.0897 e. The first kappa shape index (κ1) is 12.6. The molecule has 1 aromatic heterocycles. The summed E-state index contributed by atoms with van der Waals surface area (Å²) < 4.78 is 6.13.